The molecule has 0 radical (unpaired) electrons. The summed E-state index contributed by atoms with van der Waals surface area (Å²) in [6, 6.07) is 9.00. The van der Waals surface area contributed by atoms with E-state index in [1.807, 2.05) is 0 Å². The zero-order valence-electron chi connectivity index (χ0n) is 10.0. The lowest BCUT2D eigenvalue weighted by Crippen LogP contribution is -2.13. The summed E-state index contributed by atoms with van der Waals surface area (Å²) in [7, 11) is 0. The van der Waals surface area contributed by atoms with E-state index in [-0.39, 0.29) is 5.56 Å². The lowest BCUT2D eigenvalue weighted by atomic mass is 10.1. The van der Waals surface area contributed by atoms with Gasteiger partial charge in [0.25, 0.3) is 5.91 Å². The first-order valence-corrected chi connectivity index (χ1v) is 5.60. The summed E-state index contributed by atoms with van der Waals surface area (Å²) in [6.07, 6.45) is -4.51. The maximum atomic E-state index is 12.7. The van der Waals surface area contributed by atoms with Crippen LogP contribution in [0, 0.1) is 5.82 Å². The minimum atomic E-state index is -4.51. The number of carbonyl (C=O) groups is 1. The first kappa shape index (κ1) is 14.0. The van der Waals surface area contributed by atoms with Gasteiger partial charge in [0.2, 0.25) is 0 Å². The maximum Gasteiger partial charge on any atom is 0.416 e. The zero-order valence-corrected chi connectivity index (χ0v) is 10.0. The van der Waals surface area contributed by atoms with E-state index in [1.165, 1.54) is 18.2 Å². The highest BCUT2D eigenvalue weighted by atomic mass is 19.4. The fraction of sp³-hybridized carbons (Fsp3) is 0.0714. The Morgan fingerprint density at radius 1 is 1.00 bits per heavy atom. The second-order valence-electron chi connectivity index (χ2n) is 4.04. The lowest BCUT2D eigenvalue weighted by molar-refractivity contribution is -0.137. The molecule has 0 heterocycles. The van der Waals surface area contributed by atoms with Crippen LogP contribution in [0.3, 0.4) is 0 Å². The van der Waals surface area contributed by atoms with Gasteiger partial charge in [0, 0.05) is 11.3 Å². The average Bonchev–Trinajstić information content (AvgIpc) is 2.40. The van der Waals surface area contributed by atoms with Gasteiger partial charge in [-0.25, -0.2) is 4.39 Å². The first-order valence-electron chi connectivity index (χ1n) is 5.60. The lowest BCUT2D eigenvalue weighted by Gasteiger charge is -2.09. The minimum Gasteiger partial charge on any atom is -0.322 e. The van der Waals surface area contributed by atoms with Gasteiger partial charge in [-0.15, -0.1) is 0 Å². The summed E-state index contributed by atoms with van der Waals surface area (Å²) in [4.78, 5) is 11.8. The zero-order chi connectivity index (χ0) is 14.8. The minimum absolute atomic E-state index is 0.121. The molecule has 0 fully saturated rings. The van der Waals surface area contributed by atoms with Crippen molar-refractivity contribution in [1.82, 2.24) is 0 Å². The van der Waals surface area contributed by atoms with Crippen molar-refractivity contribution in [3.8, 4) is 0 Å². The van der Waals surface area contributed by atoms with Gasteiger partial charge < -0.3 is 5.32 Å². The molecule has 1 amide bonds. The van der Waals surface area contributed by atoms with E-state index in [1.54, 1.807) is 0 Å². The van der Waals surface area contributed by atoms with E-state index in [0.29, 0.717) is 5.69 Å². The third kappa shape index (κ3) is 3.34. The Morgan fingerprint density at radius 3 is 2.25 bits per heavy atom. The predicted molar refractivity (Wildman–Crippen MR) is 65.8 cm³/mol. The van der Waals surface area contributed by atoms with Crippen molar-refractivity contribution in [2.24, 2.45) is 0 Å². The van der Waals surface area contributed by atoms with E-state index < -0.39 is 23.5 Å². The average molecular weight is 283 g/mol. The summed E-state index contributed by atoms with van der Waals surface area (Å²) < 4.78 is 50.3. The van der Waals surface area contributed by atoms with Gasteiger partial charge in [0.05, 0.1) is 5.56 Å². The van der Waals surface area contributed by atoms with Crippen molar-refractivity contribution in [2.75, 3.05) is 5.32 Å². The number of carbonyl (C=O) groups excluding carboxylic acids is 1. The van der Waals surface area contributed by atoms with Gasteiger partial charge in [-0.2, -0.15) is 13.2 Å². The molecule has 0 aliphatic carbocycles. The van der Waals surface area contributed by atoms with Gasteiger partial charge >= 0.3 is 6.18 Å². The maximum absolute atomic E-state index is 12.7. The van der Waals surface area contributed by atoms with Crippen LogP contribution in [0.25, 0.3) is 0 Å². The van der Waals surface area contributed by atoms with Crippen LogP contribution in [0.5, 0.6) is 0 Å². The fourth-order valence-electron chi connectivity index (χ4n) is 1.57. The van der Waals surface area contributed by atoms with Crippen LogP contribution in [-0.4, -0.2) is 5.91 Å². The van der Waals surface area contributed by atoms with Crippen LogP contribution >= 0.6 is 0 Å². The third-order valence-electron chi connectivity index (χ3n) is 2.55. The van der Waals surface area contributed by atoms with E-state index in [0.717, 1.165) is 30.3 Å². The molecule has 0 saturated heterocycles. The van der Waals surface area contributed by atoms with E-state index in [2.05, 4.69) is 5.32 Å². The molecule has 2 rings (SSSR count). The highest BCUT2D eigenvalue weighted by molar-refractivity contribution is 6.04. The Morgan fingerprint density at radius 2 is 1.65 bits per heavy atom. The van der Waals surface area contributed by atoms with Crippen molar-refractivity contribution >= 4 is 11.6 Å². The summed E-state index contributed by atoms with van der Waals surface area (Å²) >= 11 is 0. The molecule has 0 aliphatic heterocycles. The highest BCUT2D eigenvalue weighted by Gasteiger charge is 2.30. The van der Waals surface area contributed by atoms with Gasteiger partial charge in [-0.05, 0) is 42.5 Å². The number of hydrogen-bond acceptors (Lipinski definition) is 1. The summed E-state index contributed by atoms with van der Waals surface area (Å²) in [5.41, 5.74) is -0.720. The SMILES string of the molecule is O=C(Nc1ccc(F)cc1)c1cccc(C(F)(F)F)c1. The van der Waals surface area contributed by atoms with Gasteiger partial charge in [-0.3, -0.25) is 4.79 Å². The van der Waals surface area contributed by atoms with E-state index in [9.17, 15) is 22.4 Å². The third-order valence-corrected chi connectivity index (χ3v) is 2.55. The Kier molecular flexibility index (Phi) is 3.74. The van der Waals surface area contributed by atoms with Crippen LogP contribution in [0.4, 0.5) is 23.2 Å². The molecule has 20 heavy (non-hydrogen) atoms. The summed E-state index contributed by atoms with van der Waals surface area (Å²) in [5.74, 6) is -1.16. The van der Waals surface area contributed by atoms with Gasteiger partial charge in [-0.1, -0.05) is 6.07 Å². The number of alkyl halides is 3. The van der Waals surface area contributed by atoms with Crippen LogP contribution in [-0.2, 0) is 6.18 Å². The van der Waals surface area contributed by atoms with Crippen LogP contribution in [0.15, 0.2) is 48.5 Å². The standard InChI is InChI=1S/C14H9F4NO/c15-11-4-6-12(7-5-11)19-13(20)9-2-1-3-10(8-9)14(16,17)18/h1-8H,(H,19,20). The highest BCUT2D eigenvalue weighted by Crippen LogP contribution is 2.29. The Bertz CT molecular complexity index is 620. The normalized spacial score (nSPS) is 11.2. The fourth-order valence-corrected chi connectivity index (χ4v) is 1.57. The van der Waals surface area contributed by atoms with Crippen LogP contribution < -0.4 is 5.32 Å². The number of hydrogen-bond donors (Lipinski definition) is 1. The first-order chi connectivity index (χ1) is 9.36. The van der Waals surface area contributed by atoms with E-state index in [4.69, 9.17) is 0 Å². The molecule has 0 bridgehead atoms. The Balaban J connectivity index is 2.19. The van der Waals surface area contributed by atoms with Crippen LogP contribution in [0.2, 0.25) is 0 Å². The van der Waals surface area contributed by atoms with Crippen molar-refractivity contribution in [3.63, 3.8) is 0 Å². The van der Waals surface area contributed by atoms with Crippen molar-refractivity contribution in [3.05, 3.63) is 65.5 Å². The number of halogens is 4. The molecule has 0 atom stereocenters. The molecule has 104 valence electrons. The molecule has 0 saturated carbocycles. The number of nitrogens with one attached hydrogen (secondary N) is 1. The molecule has 0 spiro atoms. The predicted octanol–water partition coefficient (Wildman–Crippen LogP) is 4.10. The topological polar surface area (TPSA) is 29.1 Å². The number of rotatable bonds is 2. The summed E-state index contributed by atoms with van der Waals surface area (Å²) in [6.45, 7) is 0. The molecule has 6 heteroatoms. The van der Waals surface area contributed by atoms with Crippen LogP contribution in [0.1, 0.15) is 15.9 Å². The van der Waals surface area contributed by atoms with Crippen molar-refractivity contribution < 1.29 is 22.4 Å². The molecular weight excluding hydrogens is 274 g/mol. The molecule has 2 nitrogen and oxygen atoms in total. The second-order valence-corrected chi connectivity index (χ2v) is 4.04. The van der Waals surface area contributed by atoms with Crippen molar-refractivity contribution in [2.45, 2.75) is 6.18 Å². The summed E-state index contributed by atoms with van der Waals surface area (Å²) in [5, 5.41) is 2.39. The number of amides is 1. The molecule has 2 aromatic carbocycles. The number of anilines is 1. The Hall–Kier alpha value is -2.37. The largest absolute Gasteiger partial charge is 0.416 e. The molecule has 2 aromatic rings. The van der Waals surface area contributed by atoms with Gasteiger partial charge in [0.15, 0.2) is 0 Å². The molecule has 1 N–H and O–H groups in total. The molecule has 0 unspecified atom stereocenters. The molecule has 0 aliphatic rings. The van der Waals surface area contributed by atoms with E-state index >= 15 is 0 Å². The molecular formula is C14H9F4NO. The smallest absolute Gasteiger partial charge is 0.322 e. The second kappa shape index (κ2) is 5.32. The molecule has 0 aromatic heterocycles. The number of benzene rings is 2. The van der Waals surface area contributed by atoms with Gasteiger partial charge in [0.1, 0.15) is 5.82 Å². The Labute approximate surface area is 112 Å². The monoisotopic (exact) mass is 283 g/mol. The van der Waals surface area contributed by atoms with Crippen molar-refractivity contribution in [1.29, 1.82) is 0 Å². The quantitative estimate of drug-likeness (QED) is 0.826.